The molecule has 0 fully saturated rings. The van der Waals surface area contributed by atoms with Crippen LogP contribution in [0.4, 0.5) is 0 Å². The number of unbranched alkanes of at least 4 members (excludes halogenated alkanes) is 1. The van der Waals surface area contributed by atoms with Crippen LogP contribution in [0.1, 0.15) is 59.4 Å². The lowest BCUT2D eigenvalue weighted by molar-refractivity contribution is 0.0635. The van der Waals surface area contributed by atoms with Crippen molar-refractivity contribution in [1.29, 1.82) is 0 Å². The highest BCUT2D eigenvalue weighted by Gasteiger charge is 2.33. The molecular weight excluding hydrogens is 428 g/mol. The summed E-state index contributed by atoms with van der Waals surface area (Å²) in [7, 11) is 3.34. The maximum Gasteiger partial charge on any atom is 0.272 e. The fourth-order valence-corrected chi connectivity index (χ4v) is 4.48. The second-order valence-electron chi connectivity index (χ2n) is 8.65. The fraction of sp³-hybridized carbons (Fsp3) is 0.370. The van der Waals surface area contributed by atoms with Gasteiger partial charge in [0, 0.05) is 37.5 Å². The van der Waals surface area contributed by atoms with E-state index in [1.807, 2.05) is 52.2 Å². The number of fused-ring (bicyclic) bond motifs is 1. The van der Waals surface area contributed by atoms with Crippen molar-refractivity contribution in [2.75, 3.05) is 20.7 Å². The average Bonchev–Trinajstić information content (AvgIpc) is 3.32. The number of hydrogen-bond acceptors (Lipinski definition) is 5. The molecule has 0 saturated heterocycles. The van der Waals surface area contributed by atoms with Gasteiger partial charge in [-0.2, -0.15) is 5.10 Å². The lowest BCUT2D eigenvalue weighted by atomic mass is 10.0. The van der Waals surface area contributed by atoms with Gasteiger partial charge >= 0.3 is 0 Å². The van der Waals surface area contributed by atoms with Gasteiger partial charge in [0.1, 0.15) is 11.4 Å². The highest BCUT2D eigenvalue weighted by atomic mass is 16.5. The number of aliphatic hydroxyl groups is 1. The predicted molar refractivity (Wildman–Crippen MR) is 133 cm³/mol. The maximum atomic E-state index is 13.5. The number of benzene rings is 2. The monoisotopic (exact) mass is 460 g/mol. The lowest BCUT2D eigenvalue weighted by Gasteiger charge is -2.33. The smallest absolute Gasteiger partial charge is 0.272 e. The largest absolute Gasteiger partial charge is 0.496 e. The van der Waals surface area contributed by atoms with Crippen molar-refractivity contribution >= 4 is 12.1 Å². The number of carbonyl (C=O) groups excluding carboxylic acids is 1. The molecule has 0 spiro atoms. The van der Waals surface area contributed by atoms with Gasteiger partial charge in [0.05, 0.1) is 25.5 Å². The molecule has 178 valence electrons. The quantitative estimate of drug-likeness (QED) is 0.477. The summed E-state index contributed by atoms with van der Waals surface area (Å²) >= 11 is 0. The maximum absolute atomic E-state index is 13.5. The van der Waals surface area contributed by atoms with Crippen LogP contribution in [0.3, 0.4) is 0 Å². The van der Waals surface area contributed by atoms with E-state index in [0.29, 0.717) is 30.1 Å². The second-order valence-corrected chi connectivity index (χ2v) is 8.65. The zero-order valence-corrected chi connectivity index (χ0v) is 20.1. The predicted octanol–water partition coefficient (Wildman–Crippen LogP) is 4.49. The van der Waals surface area contributed by atoms with Crippen molar-refractivity contribution in [3.63, 3.8) is 0 Å². The zero-order chi connectivity index (χ0) is 24.1. The Hall–Kier alpha value is -3.45. The number of carbonyl (C=O) groups is 1. The summed E-state index contributed by atoms with van der Waals surface area (Å²) in [6.45, 7) is 3.24. The summed E-state index contributed by atoms with van der Waals surface area (Å²) in [5, 5.41) is 14.6. The molecule has 1 aromatic heterocycles. The molecule has 1 aliphatic rings. The van der Waals surface area contributed by atoms with E-state index in [2.05, 4.69) is 24.0 Å². The molecule has 7 nitrogen and oxygen atoms in total. The Morgan fingerprint density at radius 3 is 2.68 bits per heavy atom. The highest BCUT2D eigenvalue weighted by Crippen LogP contribution is 2.32. The molecule has 0 saturated carbocycles. The number of aliphatic hydroxyl groups excluding tert-OH is 1. The molecule has 2 aromatic carbocycles. The molecule has 0 bridgehead atoms. The number of nitrogens with zero attached hydrogens (tertiary/aromatic N) is 4. The van der Waals surface area contributed by atoms with Crippen LogP contribution in [0.5, 0.6) is 5.75 Å². The fourth-order valence-electron chi connectivity index (χ4n) is 4.48. The van der Waals surface area contributed by atoms with Crippen molar-refractivity contribution in [3.8, 4) is 17.0 Å². The average molecular weight is 461 g/mol. The van der Waals surface area contributed by atoms with Gasteiger partial charge in [0.25, 0.3) is 5.91 Å². The Labute approximate surface area is 200 Å². The molecule has 1 aliphatic heterocycles. The van der Waals surface area contributed by atoms with Gasteiger partial charge in [-0.15, -0.1) is 0 Å². The van der Waals surface area contributed by atoms with Crippen molar-refractivity contribution in [3.05, 3.63) is 70.9 Å². The molecular formula is C27H32N4O3. The molecule has 34 heavy (non-hydrogen) atoms. The molecule has 1 N–H and O–H groups in total. The minimum atomic E-state index is -0.126. The van der Waals surface area contributed by atoms with Crippen LogP contribution in [0, 0.1) is 0 Å². The van der Waals surface area contributed by atoms with Crippen molar-refractivity contribution < 1.29 is 14.6 Å². The number of rotatable bonds is 9. The number of ether oxygens (including phenoxy) is 1. The summed E-state index contributed by atoms with van der Waals surface area (Å²) in [5.74, 6) is 0.621. The molecule has 1 unspecified atom stereocenters. The number of aliphatic imine (C=N–C) groups is 1. The van der Waals surface area contributed by atoms with E-state index >= 15 is 0 Å². The summed E-state index contributed by atoms with van der Waals surface area (Å²) in [6.07, 6.45) is 4.94. The van der Waals surface area contributed by atoms with Gasteiger partial charge in [-0.3, -0.25) is 14.5 Å². The molecule has 3 aromatic rings. The van der Waals surface area contributed by atoms with Gasteiger partial charge < -0.3 is 14.7 Å². The van der Waals surface area contributed by atoms with Gasteiger partial charge in [-0.1, -0.05) is 44.0 Å². The number of methoxy groups -OCH3 is 1. The minimum Gasteiger partial charge on any atom is -0.496 e. The normalized spacial score (nSPS) is 15.7. The third-order valence-electron chi connectivity index (χ3n) is 6.29. The van der Waals surface area contributed by atoms with Crippen LogP contribution in [-0.4, -0.2) is 52.6 Å². The van der Waals surface area contributed by atoms with Crippen LogP contribution >= 0.6 is 0 Å². The Morgan fingerprint density at radius 1 is 1.21 bits per heavy atom. The van der Waals surface area contributed by atoms with Crippen molar-refractivity contribution in [1.82, 2.24) is 14.7 Å². The van der Waals surface area contributed by atoms with Crippen molar-refractivity contribution in [2.45, 2.75) is 45.4 Å². The van der Waals surface area contributed by atoms with Crippen LogP contribution in [0.2, 0.25) is 0 Å². The molecule has 0 aliphatic carbocycles. The van der Waals surface area contributed by atoms with Crippen molar-refractivity contribution in [2.24, 2.45) is 4.99 Å². The van der Waals surface area contributed by atoms with Gasteiger partial charge in [0.15, 0.2) is 0 Å². The number of amides is 1. The molecule has 0 radical (unpaired) electrons. The SMILES string of the molecule is CCCCC1CN(Cc2ccc(/C=N/C)cc2)C(=O)c2cc(-c3ccc(OC)c(CO)c3)nn21. The first kappa shape index (κ1) is 23.7. The standard InChI is InChI=1S/C27H32N4O3/c1-4-5-6-23-17-30(16-20-9-7-19(8-10-20)15-28-2)27(33)25-14-24(29-31(23)25)21-11-12-26(34-3)22(13-21)18-32/h7-15,23,32H,4-6,16-18H2,1-3H3/b28-15+. The zero-order valence-electron chi connectivity index (χ0n) is 20.1. The minimum absolute atomic E-state index is 0.0124. The Bertz CT molecular complexity index is 1170. The Kier molecular flexibility index (Phi) is 7.43. The van der Waals surface area contributed by atoms with Crippen LogP contribution < -0.4 is 4.74 Å². The summed E-state index contributed by atoms with van der Waals surface area (Å²) < 4.78 is 7.23. The van der Waals surface area contributed by atoms with E-state index in [1.165, 1.54) is 0 Å². The van der Waals surface area contributed by atoms with E-state index in [-0.39, 0.29) is 18.6 Å². The van der Waals surface area contributed by atoms with Crippen LogP contribution in [-0.2, 0) is 13.2 Å². The molecule has 4 rings (SSSR count). The van der Waals surface area contributed by atoms with E-state index in [9.17, 15) is 9.90 Å². The molecule has 1 amide bonds. The van der Waals surface area contributed by atoms with Gasteiger partial charge in [-0.05, 0) is 41.8 Å². The van der Waals surface area contributed by atoms with Crippen LogP contribution in [0.15, 0.2) is 53.5 Å². The van der Waals surface area contributed by atoms with Crippen LogP contribution in [0.25, 0.3) is 11.3 Å². The summed E-state index contributed by atoms with van der Waals surface area (Å²) in [4.78, 5) is 19.4. The first-order valence-corrected chi connectivity index (χ1v) is 11.8. The topological polar surface area (TPSA) is 80.0 Å². The first-order valence-electron chi connectivity index (χ1n) is 11.8. The highest BCUT2D eigenvalue weighted by molar-refractivity contribution is 5.94. The van der Waals surface area contributed by atoms with E-state index < -0.39 is 0 Å². The summed E-state index contributed by atoms with van der Waals surface area (Å²) in [5.41, 5.74) is 5.02. The summed E-state index contributed by atoms with van der Waals surface area (Å²) in [6, 6.07) is 15.8. The first-order chi connectivity index (χ1) is 16.6. The second kappa shape index (κ2) is 10.7. The number of aromatic nitrogens is 2. The third kappa shape index (κ3) is 4.89. The van der Waals surface area contributed by atoms with Gasteiger partial charge in [-0.25, -0.2) is 0 Å². The lowest BCUT2D eigenvalue weighted by Crippen LogP contribution is -2.42. The molecule has 1 atom stereocenters. The van der Waals surface area contributed by atoms with E-state index in [4.69, 9.17) is 9.84 Å². The van der Waals surface area contributed by atoms with E-state index in [1.54, 1.807) is 14.2 Å². The Morgan fingerprint density at radius 2 is 2.00 bits per heavy atom. The molecule has 7 heteroatoms. The Balaban J connectivity index is 1.64. The van der Waals surface area contributed by atoms with Gasteiger partial charge in [0.2, 0.25) is 0 Å². The van der Waals surface area contributed by atoms with E-state index in [0.717, 1.165) is 41.6 Å². The number of hydrogen-bond donors (Lipinski definition) is 1. The third-order valence-corrected chi connectivity index (χ3v) is 6.29. The molecule has 2 heterocycles.